The Bertz CT molecular complexity index is 1080. The zero-order valence-electron chi connectivity index (χ0n) is 19.0. The summed E-state index contributed by atoms with van der Waals surface area (Å²) in [6.45, 7) is 6.11. The highest BCUT2D eigenvalue weighted by Gasteiger charge is 2.45. The molecule has 4 atom stereocenters. The molecule has 0 spiro atoms. The van der Waals surface area contributed by atoms with E-state index in [4.69, 9.17) is 4.74 Å². The molecule has 1 aliphatic heterocycles. The number of fused-ring (bicyclic) bond motifs is 1. The van der Waals surface area contributed by atoms with E-state index in [0.29, 0.717) is 16.3 Å². The first kappa shape index (κ1) is 23.7. The highest BCUT2D eigenvalue weighted by Crippen LogP contribution is 2.36. The topological polar surface area (TPSA) is 68.6 Å². The second-order valence-electron chi connectivity index (χ2n) is 9.47. The van der Waals surface area contributed by atoms with Crippen molar-refractivity contribution in [2.75, 3.05) is 0 Å². The quantitative estimate of drug-likeness (QED) is 0.313. The third-order valence-corrected chi connectivity index (χ3v) is 7.31. The lowest BCUT2D eigenvalue weighted by molar-refractivity contribution is -0.164. The zero-order valence-corrected chi connectivity index (χ0v) is 20.5. The van der Waals surface area contributed by atoms with E-state index >= 15 is 0 Å². The van der Waals surface area contributed by atoms with Gasteiger partial charge in [0.2, 0.25) is 6.04 Å². The number of carbonyl (C=O) groups is 3. The fraction of sp³-hybridized carbons (Fsp3) is 0.480. The summed E-state index contributed by atoms with van der Waals surface area (Å²) in [6.07, 6.45) is 4.07. The molecule has 176 valence electrons. The van der Waals surface area contributed by atoms with Gasteiger partial charge in [0.15, 0.2) is 0 Å². The predicted molar refractivity (Wildman–Crippen MR) is 124 cm³/mol. The van der Waals surface area contributed by atoms with Crippen LogP contribution in [0.15, 0.2) is 41.0 Å². The lowest BCUT2D eigenvalue weighted by Crippen LogP contribution is -2.50. The van der Waals surface area contributed by atoms with E-state index in [-0.39, 0.29) is 29.8 Å². The Labute approximate surface area is 201 Å². The van der Waals surface area contributed by atoms with Crippen molar-refractivity contribution < 1.29 is 23.5 Å². The molecule has 1 aromatic heterocycles. The van der Waals surface area contributed by atoms with Crippen molar-refractivity contribution in [2.24, 2.45) is 17.8 Å². The van der Waals surface area contributed by atoms with Crippen LogP contribution in [-0.4, -0.2) is 33.4 Å². The largest absolute Gasteiger partial charge is 0.460 e. The minimum absolute atomic E-state index is 0.188. The van der Waals surface area contributed by atoms with Crippen molar-refractivity contribution in [1.29, 1.82) is 0 Å². The van der Waals surface area contributed by atoms with Crippen LogP contribution in [-0.2, 0) is 20.9 Å². The molecule has 8 heteroatoms. The Morgan fingerprint density at radius 2 is 2.00 bits per heavy atom. The first-order chi connectivity index (χ1) is 15.7. The summed E-state index contributed by atoms with van der Waals surface area (Å²) >= 11 is 3.20. The molecular formula is C25H28BrFN2O4. The first-order valence-electron chi connectivity index (χ1n) is 11.3. The summed E-state index contributed by atoms with van der Waals surface area (Å²) in [4.78, 5) is 40.7. The predicted octanol–water partition coefficient (Wildman–Crippen LogP) is 5.12. The molecule has 4 rings (SSSR count). The van der Waals surface area contributed by atoms with Gasteiger partial charge >= 0.3 is 5.97 Å². The van der Waals surface area contributed by atoms with Crippen LogP contribution >= 0.6 is 15.9 Å². The molecule has 2 amide bonds. The molecule has 1 fully saturated rings. The minimum Gasteiger partial charge on any atom is -0.460 e. The second kappa shape index (κ2) is 9.41. The highest BCUT2D eigenvalue weighted by molar-refractivity contribution is 9.10. The van der Waals surface area contributed by atoms with Crippen LogP contribution in [0.1, 0.15) is 62.1 Å². The molecule has 0 N–H and O–H groups in total. The van der Waals surface area contributed by atoms with Crippen LogP contribution in [0.25, 0.3) is 0 Å². The number of aromatic nitrogens is 1. The molecule has 0 radical (unpaired) electrons. The average molecular weight is 519 g/mol. The van der Waals surface area contributed by atoms with Crippen LogP contribution in [0, 0.1) is 23.6 Å². The van der Waals surface area contributed by atoms with Gasteiger partial charge in [-0.3, -0.25) is 14.5 Å². The van der Waals surface area contributed by atoms with Crippen LogP contribution in [0.4, 0.5) is 4.39 Å². The SMILES string of the molecule is CC1CCC(C(C)C)C(OC(=O)C2C(=O)N(Cc3ccc(Br)cc3F)C(=O)c3cccn32)C1. The highest BCUT2D eigenvalue weighted by atomic mass is 79.9. The van der Waals surface area contributed by atoms with Crippen molar-refractivity contribution in [1.82, 2.24) is 9.47 Å². The van der Waals surface area contributed by atoms with Crippen LogP contribution in [0.2, 0.25) is 0 Å². The third-order valence-electron chi connectivity index (χ3n) is 6.82. The maximum atomic E-state index is 14.4. The maximum absolute atomic E-state index is 14.4. The van der Waals surface area contributed by atoms with Crippen LogP contribution in [0.5, 0.6) is 0 Å². The van der Waals surface area contributed by atoms with E-state index in [1.165, 1.54) is 22.9 Å². The second-order valence-corrected chi connectivity index (χ2v) is 10.4. The Balaban J connectivity index is 1.62. The van der Waals surface area contributed by atoms with Crippen molar-refractivity contribution in [3.63, 3.8) is 0 Å². The van der Waals surface area contributed by atoms with Crippen molar-refractivity contribution >= 4 is 33.7 Å². The Kier molecular flexibility index (Phi) is 6.75. The number of amides is 2. The first-order valence-corrected chi connectivity index (χ1v) is 12.1. The summed E-state index contributed by atoms with van der Waals surface area (Å²) in [5, 5.41) is 0. The fourth-order valence-electron chi connectivity index (χ4n) is 4.95. The van der Waals surface area contributed by atoms with Gasteiger partial charge in [-0.1, -0.05) is 49.2 Å². The monoisotopic (exact) mass is 518 g/mol. The van der Waals surface area contributed by atoms with E-state index in [1.54, 1.807) is 18.2 Å². The number of imide groups is 1. The number of carbonyl (C=O) groups excluding carboxylic acids is 3. The van der Waals surface area contributed by atoms with Gasteiger partial charge in [-0.15, -0.1) is 0 Å². The molecule has 4 unspecified atom stereocenters. The van der Waals surface area contributed by atoms with Gasteiger partial charge < -0.3 is 9.30 Å². The lowest BCUT2D eigenvalue weighted by atomic mass is 9.75. The summed E-state index contributed by atoms with van der Waals surface area (Å²) in [5.74, 6) is -1.48. The van der Waals surface area contributed by atoms with Gasteiger partial charge in [-0.05, 0) is 54.9 Å². The molecule has 1 aliphatic carbocycles. The molecule has 1 saturated carbocycles. The van der Waals surface area contributed by atoms with E-state index in [0.717, 1.165) is 24.2 Å². The number of rotatable bonds is 5. The van der Waals surface area contributed by atoms with Crippen molar-refractivity contribution in [3.05, 3.63) is 58.1 Å². The zero-order chi connectivity index (χ0) is 23.9. The summed E-state index contributed by atoms with van der Waals surface area (Å²) in [7, 11) is 0. The van der Waals surface area contributed by atoms with E-state index < -0.39 is 29.6 Å². The summed E-state index contributed by atoms with van der Waals surface area (Å²) in [5.41, 5.74) is 0.388. The fourth-order valence-corrected chi connectivity index (χ4v) is 5.29. The summed E-state index contributed by atoms with van der Waals surface area (Å²) < 4.78 is 22.3. The van der Waals surface area contributed by atoms with Gasteiger partial charge in [0, 0.05) is 16.2 Å². The van der Waals surface area contributed by atoms with Crippen LogP contribution in [0.3, 0.4) is 0 Å². The van der Waals surface area contributed by atoms with E-state index in [9.17, 15) is 18.8 Å². The average Bonchev–Trinajstić information content (AvgIpc) is 3.22. The molecule has 0 bridgehead atoms. The molecule has 1 aromatic carbocycles. The van der Waals surface area contributed by atoms with E-state index in [2.05, 4.69) is 36.7 Å². The Hall–Kier alpha value is -2.48. The number of esters is 1. The molecule has 2 heterocycles. The third kappa shape index (κ3) is 4.63. The standard InChI is InChI=1S/C25H28BrFN2O4/c1-14(2)18-9-6-15(3)11-21(18)33-25(32)22-24(31)29(23(30)20-5-4-10-28(20)22)13-16-7-8-17(26)12-19(16)27/h4-5,7-8,10,12,14-15,18,21-22H,6,9,11,13H2,1-3H3. The summed E-state index contributed by atoms with van der Waals surface area (Å²) in [6, 6.07) is 6.29. The molecule has 2 aliphatic rings. The molecule has 6 nitrogen and oxygen atoms in total. The molecular weight excluding hydrogens is 491 g/mol. The lowest BCUT2D eigenvalue weighted by Gasteiger charge is -2.38. The number of ether oxygens (including phenoxy) is 1. The van der Waals surface area contributed by atoms with Crippen LogP contribution < -0.4 is 0 Å². The van der Waals surface area contributed by atoms with Gasteiger partial charge in [-0.25, -0.2) is 9.18 Å². The Morgan fingerprint density at radius 3 is 2.70 bits per heavy atom. The number of nitrogens with zero attached hydrogens (tertiary/aromatic N) is 2. The van der Waals surface area contributed by atoms with E-state index in [1.807, 2.05) is 0 Å². The molecule has 2 aromatic rings. The Morgan fingerprint density at radius 1 is 1.24 bits per heavy atom. The normalized spacial score (nSPS) is 25.3. The number of benzene rings is 1. The number of hydrogen-bond acceptors (Lipinski definition) is 4. The van der Waals surface area contributed by atoms with Gasteiger partial charge in [0.1, 0.15) is 17.6 Å². The van der Waals surface area contributed by atoms with Gasteiger partial charge in [-0.2, -0.15) is 0 Å². The molecule has 0 saturated heterocycles. The van der Waals surface area contributed by atoms with Gasteiger partial charge in [0.05, 0.1) is 6.54 Å². The maximum Gasteiger partial charge on any atom is 0.339 e. The number of halogens is 2. The smallest absolute Gasteiger partial charge is 0.339 e. The number of hydrogen-bond donors (Lipinski definition) is 0. The van der Waals surface area contributed by atoms with Crippen molar-refractivity contribution in [3.8, 4) is 0 Å². The van der Waals surface area contributed by atoms with Gasteiger partial charge in [0.25, 0.3) is 11.8 Å². The minimum atomic E-state index is -1.31. The van der Waals surface area contributed by atoms with Crippen molar-refractivity contribution in [2.45, 2.75) is 58.7 Å². The molecule has 33 heavy (non-hydrogen) atoms.